The van der Waals surface area contributed by atoms with Gasteiger partial charge in [-0.2, -0.15) is 0 Å². The van der Waals surface area contributed by atoms with Gasteiger partial charge in [0.05, 0.1) is 17.9 Å². The van der Waals surface area contributed by atoms with Crippen molar-refractivity contribution in [3.05, 3.63) is 24.3 Å². The maximum absolute atomic E-state index is 13.9. The molecule has 1 saturated carbocycles. The Hall–Kier alpha value is -2.18. The van der Waals surface area contributed by atoms with Crippen LogP contribution >= 0.6 is 0 Å². The lowest BCUT2D eigenvalue weighted by Gasteiger charge is -2.37. The monoisotopic (exact) mass is 375 g/mol. The lowest BCUT2D eigenvalue weighted by molar-refractivity contribution is 0.180. The second-order valence-electron chi connectivity index (χ2n) is 7.51. The molecule has 0 spiro atoms. The minimum Gasteiger partial charge on any atom is -0.366 e. The van der Waals surface area contributed by atoms with Gasteiger partial charge in [0.1, 0.15) is 0 Å². The number of aliphatic imine (C=N–C) groups is 1. The van der Waals surface area contributed by atoms with E-state index in [1.54, 1.807) is 12.3 Å². The quantitative estimate of drug-likeness (QED) is 0.823. The van der Waals surface area contributed by atoms with Gasteiger partial charge in [0.2, 0.25) is 0 Å². The predicted octanol–water partition coefficient (Wildman–Crippen LogP) is 2.95. The molecule has 2 fully saturated rings. The molecule has 0 radical (unpaired) electrons. The van der Waals surface area contributed by atoms with Crippen molar-refractivity contribution in [3.63, 3.8) is 0 Å². The number of carbonyl (C=O) groups excluding carboxylic acids is 1. The number of nitrogens with one attached hydrogen (secondary N) is 1. The summed E-state index contributed by atoms with van der Waals surface area (Å²) in [5.74, 6) is 0.649. The Balaban J connectivity index is 1.46. The van der Waals surface area contributed by atoms with Crippen molar-refractivity contribution in [1.82, 2.24) is 15.2 Å². The van der Waals surface area contributed by atoms with Gasteiger partial charge >= 0.3 is 6.03 Å². The molecule has 27 heavy (non-hydrogen) atoms. The van der Waals surface area contributed by atoms with Crippen LogP contribution < -0.4 is 10.2 Å². The van der Waals surface area contributed by atoms with Crippen LogP contribution in [-0.4, -0.2) is 60.9 Å². The van der Waals surface area contributed by atoms with Crippen molar-refractivity contribution < 1.29 is 9.18 Å². The summed E-state index contributed by atoms with van der Waals surface area (Å²) in [5.41, 5.74) is 0.559. The van der Waals surface area contributed by atoms with E-state index in [-0.39, 0.29) is 11.8 Å². The molecule has 1 aliphatic carbocycles. The number of anilines is 1. The Labute approximate surface area is 160 Å². The van der Waals surface area contributed by atoms with Gasteiger partial charge < -0.3 is 15.1 Å². The summed E-state index contributed by atoms with van der Waals surface area (Å²) < 4.78 is 13.9. The number of hydrogen-bond acceptors (Lipinski definition) is 4. The van der Waals surface area contributed by atoms with Gasteiger partial charge in [0, 0.05) is 38.9 Å². The first-order valence-corrected chi connectivity index (χ1v) is 9.95. The molecule has 0 bridgehead atoms. The molecule has 3 atom stereocenters. The van der Waals surface area contributed by atoms with Crippen LogP contribution in [0.3, 0.4) is 0 Å². The molecule has 6 nitrogen and oxygen atoms in total. The number of halogens is 1. The van der Waals surface area contributed by atoms with E-state index in [4.69, 9.17) is 0 Å². The Morgan fingerprint density at radius 2 is 2.15 bits per heavy atom. The number of rotatable bonds is 4. The molecular formula is C20H30FN5O. The molecular weight excluding hydrogens is 345 g/mol. The lowest BCUT2D eigenvalue weighted by Crippen LogP contribution is -2.53. The van der Waals surface area contributed by atoms with Crippen LogP contribution in [0.5, 0.6) is 0 Å². The van der Waals surface area contributed by atoms with E-state index in [9.17, 15) is 9.18 Å². The molecule has 1 aromatic rings. The third-order valence-corrected chi connectivity index (χ3v) is 5.94. The fourth-order valence-electron chi connectivity index (χ4n) is 4.22. The van der Waals surface area contributed by atoms with Gasteiger partial charge in [-0.3, -0.25) is 9.98 Å². The predicted molar refractivity (Wildman–Crippen MR) is 106 cm³/mol. The number of urea groups is 1. The number of piperazine rings is 1. The Morgan fingerprint density at radius 1 is 1.37 bits per heavy atom. The number of aromatic nitrogens is 1. The van der Waals surface area contributed by atoms with E-state index in [1.165, 1.54) is 12.6 Å². The van der Waals surface area contributed by atoms with Gasteiger partial charge in [0.15, 0.2) is 5.82 Å². The summed E-state index contributed by atoms with van der Waals surface area (Å²) in [4.78, 5) is 24.7. The SMILES string of the molecule is CC=NC1CCCC(CNC(=O)N2CCN(c3ccncc3F)CC2)C1C. The highest BCUT2D eigenvalue weighted by molar-refractivity contribution is 5.74. The topological polar surface area (TPSA) is 60.8 Å². The van der Waals surface area contributed by atoms with Crippen LogP contribution in [0.1, 0.15) is 33.1 Å². The Morgan fingerprint density at radius 3 is 2.85 bits per heavy atom. The van der Waals surface area contributed by atoms with E-state index in [1.807, 2.05) is 22.9 Å². The van der Waals surface area contributed by atoms with E-state index < -0.39 is 0 Å². The zero-order valence-electron chi connectivity index (χ0n) is 16.3. The minimum absolute atomic E-state index is 0.0156. The van der Waals surface area contributed by atoms with Gasteiger partial charge in [-0.05, 0) is 43.9 Å². The maximum atomic E-state index is 13.9. The highest BCUT2D eigenvalue weighted by atomic mass is 19.1. The fraction of sp³-hybridized carbons (Fsp3) is 0.650. The van der Waals surface area contributed by atoms with E-state index in [0.717, 1.165) is 12.8 Å². The summed E-state index contributed by atoms with van der Waals surface area (Å²) in [6.45, 7) is 7.36. The molecule has 1 aromatic heterocycles. The summed E-state index contributed by atoms with van der Waals surface area (Å²) in [7, 11) is 0. The molecule has 1 saturated heterocycles. The van der Waals surface area contributed by atoms with Crippen LogP contribution in [0.4, 0.5) is 14.9 Å². The molecule has 148 valence electrons. The number of amides is 2. The standard InChI is InChI=1S/C20H30FN5O/c1-3-23-18-6-4-5-16(15(18)2)13-24-20(27)26-11-9-25(10-12-26)19-7-8-22-14-17(19)21/h3,7-8,14-16,18H,4-6,9-13H2,1-2H3,(H,24,27). The van der Waals surface area contributed by atoms with Gasteiger partial charge in [0.25, 0.3) is 0 Å². The molecule has 2 aliphatic rings. The van der Waals surface area contributed by atoms with E-state index in [2.05, 4.69) is 22.2 Å². The second-order valence-corrected chi connectivity index (χ2v) is 7.51. The van der Waals surface area contributed by atoms with Crippen molar-refractivity contribution in [3.8, 4) is 0 Å². The van der Waals surface area contributed by atoms with Crippen molar-refractivity contribution in [1.29, 1.82) is 0 Å². The highest BCUT2D eigenvalue weighted by Gasteiger charge is 2.30. The molecule has 0 aromatic carbocycles. The minimum atomic E-state index is -0.314. The zero-order chi connectivity index (χ0) is 19.2. The number of pyridine rings is 1. The molecule has 7 heteroatoms. The third-order valence-electron chi connectivity index (χ3n) is 5.94. The average Bonchev–Trinajstić information content (AvgIpc) is 2.69. The number of carbonyl (C=O) groups is 1. The van der Waals surface area contributed by atoms with Crippen molar-refractivity contribution in [2.24, 2.45) is 16.8 Å². The summed E-state index contributed by atoms with van der Waals surface area (Å²) >= 11 is 0. The van der Waals surface area contributed by atoms with E-state index in [0.29, 0.717) is 56.3 Å². The maximum Gasteiger partial charge on any atom is 0.317 e. The largest absolute Gasteiger partial charge is 0.366 e. The summed E-state index contributed by atoms with van der Waals surface area (Å²) in [6, 6.07) is 2.05. The second kappa shape index (κ2) is 9.15. The molecule has 3 rings (SSSR count). The first kappa shape index (κ1) is 19.6. The first-order chi connectivity index (χ1) is 13.1. The van der Waals surface area contributed by atoms with Crippen LogP contribution in [0, 0.1) is 17.7 Å². The van der Waals surface area contributed by atoms with Crippen molar-refractivity contribution in [2.45, 2.75) is 39.2 Å². The normalized spacial score (nSPS) is 26.4. The highest BCUT2D eigenvalue weighted by Crippen LogP contribution is 2.31. The number of hydrogen-bond donors (Lipinski definition) is 1. The Kier molecular flexibility index (Phi) is 6.63. The fourth-order valence-corrected chi connectivity index (χ4v) is 4.22. The van der Waals surface area contributed by atoms with Crippen LogP contribution in [0.25, 0.3) is 0 Å². The van der Waals surface area contributed by atoms with Crippen molar-refractivity contribution in [2.75, 3.05) is 37.6 Å². The smallest absolute Gasteiger partial charge is 0.317 e. The summed E-state index contributed by atoms with van der Waals surface area (Å²) in [5, 5.41) is 3.11. The molecule has 2 heterocycles. The molecule has 1 aliphatic heterocycles. The van der Waals surface area contributed by atoms with Gasteiger partial charge in [-0.25, -0.2) is 9.18 Å². The summed E-state index contributed by atoms with van der Waals surface area (Å²) in [6.07, 6.45) is 8.18. The molecule has 1 N–H and O–H groups in total. The molecule has 3 unspecified atom stereocenters. The Bertz CT molecular complexity index is 660. The van der Waals surface area contributed by atoms with Crippen LogP contribution in [0.2, 0.25) is 0 Å². The molecule has 2 amide bonds. The van der Waals surface area contributed by atoms with Gasteiger partial charge in [-0.15, -0.1) is 0 Å². The number of nitrogens with zero attached hydrogens (tertiary/aromatic N) is 4. The van der Waals surface area contributed by atoms with Crippen LogP contribution in [-0.2, 0) is 0 Å². The first-order valence-electron chi connectivity index (χ1n) is 9.95. The van der Waals surface area contributed by atoms with E-state index >= 15 is 0 Å². The van der Waals surface area contributed by atoms with Crippen LogP contribution in [0.15, 0.2) is 23.5 Å². The lowest BCUT2D eigenvalue weighted by atomic mass is 9.77. The average molecular weight is 375 g/mol. The third kappa shape index (κ3) is 4.76. The van der Waals surface area contributed by atoms with Gasteiger partial charge in [-0.1, -0.05) is 13.3 Å². The van der Waals surface area contributed by atoms with Crippen molar-refractivity contribution >= 4 is 17.9 Å². The zero-order valence-corrected chi connectivity index (χ0v) is 16.3.